The van der Waals surface area contributed by atoms with Crippen molar-refractivity contribution in [1.82, 2.24) is 15.5 Å². The van der Waals surface area contributed by atoms with Crippen LogP contribution in [-0.2, 0) is 4.79 Å². The van der Waals surface area contributed by atoms with Crippen LogP contribution in [0, 0.1) is 6.92 Å². The molecule has 8 heteroatoms. The van der Waals surface area contributed by atoms with Crippen molar-refractivity contribution in [3.63, 3.8) is 0 Å². The molecule has 1 amide bonds. The number of nitrogens with one attached hydrogen (secondary N) is 1. The van der Waals surface area contributed by atoms with E-state index in [0.29, 0.717) is 0 Å². The molecule has 0 saturated carbocycles. The molecule has 0 bridgehead atoms. The highest BCUT2D eigenvalue weighted by Gasteiger charge is 2.25. The summed E-state index contributed by atoms with van der Waals surface area (Å²) in [6, 6.07) is 0. The second-order valence-corrected chi connectivity index (χ2v) is 3.89. The first-order valence-electron chi connectivity index (χ1n) is 4.83. The number of aromatic nitrogens is 2. The van der Waals surface area contributed by atoms with Crippen LogP contribution in [0.3, 0.4) is 0 Å². The predicted molar refractivity (Wildman–Crippen MR) is 54.2 cm³/mol. The number of hydrogen-bond donors (Lipinski definition) is 3. The van der Waals surface area contributed by atoms with Gasteiger partial charge in [-0.25, -0.2) is 0 Å². The summed E-state index contributed by atoms with van der Waals surface area (Å²) in [4.78, 5) is 25.5. The van der Waals surface area contributed by atoms with Gasteiger partial charge in [-0.05, 0) is 6.92 Å². The van der Waals surface area contributed by atoms with Gasteiger partial charge in [-0.1, -0.05) is 5.16 Å². The van der Waals surface area contributed by atoms with Crippen molar-refractivity contribution in [1.29, 1.82) is 0 Å². The third-order valence-corrected chi connectivity index (χ3v) is 1.89. The summed E-state index contributed by atoms with van der Waals surface area (Å²) in [5, 5.41) is 23.9. The molecule has 0 aliphatic rings. The molecule has 0 aliphatic carbocycles. The zero-order chi connectivity index (χ0) is 13.1. The van der Waals surface area contributed by atoms with Crippen molar-refractivity contribution in [2.24, 2.45) is 0 Å². The summed E-state index contributed by atoms with van der Waals surface area (Å²) >= 11 is 0. The first-order chi connectivity index (χ1) is 7.80. The minimum absolute atomic E-state index is 0.159. The maximum absolute atomic E-state index is 11.4. The van der Waals surface area contributed by atoms with Crippen LogP contribution < -0.4 is 5.32 Å². The van der Waals surface area contributed by atoms with E-state index >= 15 is 0 Å². The predicted octanol–water partition coefficient (Wildman–Crippen LogP) is -0.666. The summed E-state index contributed by atoms with van der Waals surface area (Å²) in [5.74, 6) is -1.70. The summed E-state index contributed by atoms with van der Waals surface area (Å²) in [7, 11) is 0. The molecule has 0 radical (unpaired) electrons. The molecule has 1 heterocycles. The van der Waals surface area contributed by atoms with E-state index in [1.54, 1.807) is 0 Å². The van der Waals surface area contributed by atoms with Gasteiger partial charge in [0.1, 0.15) is 0 Å². The fourth-order valence-electron chi connectivity index (χ4n) is 1.13. The number of nitrogens with zero attached hydrogens (tertiary/aromatic N) is 2. The fraction of sp³-hybridized carbons (Fsp3) is 0.556. The van der Waals surface area contributed by atoms with Crippen LogP contribution in [0.2, 0.25) is 0 Å². The standard InChI is InChI=1S/C9H13N3O5/c1-5-11-7(12-17-5)8(15)10-4-9(2,16)3-6(13)14/h16H,3-4H2,1-2H3,(H,10,15)(H,13,14). The number of carboxylic acid groups (broad SMARTS) is 1. The van der Waals surface area contributed by atoms with Gasteiger partial charge in [0.15, 0.2) is 0 Å². The lowest BCUT2D eigenvalue weighted by molar-refractivity contribution is -0.141. The molecule has 94 valence electrons. The van der Waals surface area contributed by atoms with E-state index in [1.807, 2.05) is 0 Å². The number of rotatable bonds is 5. The van der Waals surface area contributed by atoms with Crippen molar-refractivity contribution >= 4 is 11.9 Å². The third kappa shape index (κ3) is 4.19. The molecular formula is C9H13N3O5. The van der Waals surface area contributed by atoms with Crippen molar-refractivity contribution in [2.45, 2.75) is 25.9 Å². The van der Waals surface area contributed by atoms with Crippen LogP contribution in [-0.4, -0.2) is 44.4 Å². The van der Waals surface area contributed by atoms with E-state index in [1.165, 1.54) is 13.8 Å². The van der Waals surface area contributed by atoms with E-state index in [2.05, 4.69) is 20.0 Å². The van der Waals surface area contributed by atoms with Crippen molar-refractivity contribution in [3.05, 3.63) is 11.7 Å². The van der Waals surface area contributed by atoms with Crippen LogP contribution >= 0.6 is 0 Å². The SMILES string of the molecule is Cc1nc(C(=O)NCC(C)(O)CC(=O)O)no1. The summed E-state index contributed by atoms with van der Waals surface area (Å²) in [6.45, 7) is 2.62. The Labute approximate surface area is 96.6 Å². The monoisotopic (exact) mass is 243 g/mol. The van der Waals surface area contributed by atoms with Gasteiger partial charge in [-0.3, -0.25) is 9.59 Å². The Morgan fingerprint density at radius 1 is 1.53 bits per heavy atom. The minimum Gasteiger partial charge on any atom is -0.481 e. The van der Waals surface area contributed by atoms with Crippen molar-refractivity contribution in [3.8, 4) is 0 Å². The number of carbonyl (C=O) groups is 2. The first-order valence-corrected chi connectivity index (χ1v) is 4.83. The lowest BCUT2D eigenvalue weighted by atomic mass is 10.0. The van der Waals surface area contributed by atoms with Gasteiger partial charge in [0.05, 0.1) is 12.0 Å². The quantitative estimate of drug-likeness (QED) is 0.626. The molecule has 0 spiro atoms. The summed E-state index contributed by atoms with van der Waals surface area (Å²) in [6.07, 6.45) is -0.474. The topological polar surface area (TPSA) is 126 Å². The molecule has 8 nitrogen and oxygen atoms in total. The zero-order valence-electron chi connectivity index (χ0n) is 9.43. The molecule has 3 N–H and O–H groups in total. The maximum atomic E-state index is 11.4. The van der Waals surface area contributed by atoms with Crippen LogP contribution in [0.1, 0.15) is 29.9 Å². The molecule has 1 rings (SSSR count). The van der Waals surface area contributed by atoms with Gasteiger partial charge >= 0.3 is 5.97 Å². The van der Waals surface area contributed by atoms with Gasteiger partial charge in [0.25, 0.3) is 11.7 Å². The number of aryl methyl sites for hydroxylation is 1. The highest BCUT2D eigenvalue weighted by molar-refractivity contribution is 5.90. The lowest BCUT2D eigenvalue weighted by Crippen LogP contribution is -2.42. The summed E-state index contributed by atoms with van der Waals surface area (Å²) in [5.41, 5.74) is -1.53. The maximum Gasteiger partial charge on any atom is 0.306 e. The molecule has 17 heavy (non-hydrogen) atoms. The molecule has 1 unspecified atom stereocenters. The Kier molecular flexibility index (Phi) is 3.79. The van der Waals surface area contributed by atoms with Crippen LogP contribution in [0.15, 0.2) is 4.52 Å². The Morgan fingerprint density at radius 2 is 2.18 bits per heavy atom. The smallest absolute Gasteiger partial charge is 0.306 e. The van der Waals surface area contributed by atoms with E-state index in [-0.39, 0.29) is 18.3 Å². The number of carboxylic acids is 1. The lowest BCUT2D eigenvalue weighted by Gasteiger charge is -2.20. The number of carbonyl (C=O) groups excluding carboxylic acids is 1. The molecule has 0 saturated heterocycles. The van der Waals surface area contributed by atoms with Crippen LogP contribution in [0.4, 0.5) is 0 Å². The molecular weight excluding hydrogens is 230 g/mol. The highest BCUT2D eigenvalue weighted by Crippen LogP contribution is 2.07. The molecule has 1 atom stereocenters. The average molecular weight is 243 g/mol. The van der Waals surface area contributed by atoms with Crippen LogP contribution in [0.25, 0.3) is 0 Å². The van der Waals surface area contributed by atoms with E-state index in [0.717, 1.165) is 0 Å². The number of amides is 1. The van der Waals surface area contributed by atoms with E-state index in [4.69, 9.17) is 5.11 Å². The van der Waals surface area contributed by atoms with Gasteiger partial charge in [-0.2, -0.15) is 4.98 Å². The van der Waals surface area contributed by atoms with Gasteiger partial charge in [0, 0.05) is 13.5 Å². The van der Waals surface area contributed by atoms with Gasteiger partial charge in [0.2, 0.25) is 5.89 Å². The van der Waals surface area contributed by atoms with Gasteiger partial charge in [-0.15, -0.1) is 0 Å². The second kappa shape index (κ2) is 4.91. The normalized spacial score (nSPS) is 14.1. The van der Waals surface area contributed by atoms with E-state index < -0.39 is 23.9 Å². The molecule has 1 aromatic heterocycles. The summed E-state index contributed by atoms with van der Waals surface area (Å²) < 4.78 is 4.60. The Hall–Kier alpha value is -1.96. The largest absolute Gasteiger partial charge is 0.481 e. The first kappa shape index (κ1) is 13.1. The fourth-order valence-corrected chi connectivity index (χ4v) is 1.13. The number of hydrogen-bond acceptors (Lipinski definition) is 6. The van der Waals surface area contributed by atoms with Crippen molar-refractivity contribution < 1.29 is 24.3 Å². The van der Waals surface area contributed by atoms with E-state index in [9.17, 15) is 14.7 Å². The average Bonchev–Trinajstić information content (AvgIpc) is 2.59. The highest BCUT2D eigenvalue weighted by atomic mass is 16.5. The number of aliphatic carboxylic acids is 1. The Balaban J connectivity index is 2.51. The van der Waals surface area contributed by atoms with Crippen molar-refractivity contribution in [2.75, 3.05) is 6.54 Å². The Morgan fingerprint density at radius 3 is 2.65 bits per heavy atom. The third-order valence-electron chi connectivity index (χ3n) is 1.89. The molecule has 0 aliphatic heterocycles. The second-order valence-electron chi connectivity index (χ2n) is 3.89. The Bertz CT molecular complexity index is 426. The number of aliphatic hydroxyl groups is 1. The van der Waals surface area contributed by atoms with Crippen LogP contribution in [0.5, 0.6) is 0 Å². The van der Waals surface area contributed by atoms with Gasteiger partial charge < -0.3 is 20.1 Å². The minimum atomic E-state index is -1.53. The molecule has 0 fully saturated rings. The molecule has 1 aromatic rings. The molecule has 0 aromatic carbocycles. The zero-order valence-corrected chi connectivity index (χ0v) is 9.43.